The Morgan fingerprint density at radius 2 is 1.65 bits per heavy atom. The molecule has 3 aromatic rings. The highest BCUT2D eigenvalue weighted by Crippen LogP contribution is 2.19. The summed E-state index contributed by atoms with van der Waals surface area (Å²) in [5.74, 6) is 0. The van der Waals surface area contributed by atoms with E-state index in [0.717, 1.165) is 18.7 Å². The average Bonchev–Trinajstić information content (AvgIpc) is 2.98. The third kappa shape index (κ3) is 3.69. The van der Waals surface area contributed by atoms with Gasteiger partial charge in [-0.15, -0.1) is 0 Å². The molecule has 0 saturated carbocycles. The average molecular weight is 305 g/mol. The van der Waals surface area contributed by atoms with Crippen molar-refractivity contribution in [3.63, 3.8) is 0 Å². The summed E-state index contributed by atoms with van der Waals surface area (Å²) in [6.07, 6.45) is 3.01. The Kier molecular flexibility index (Phi) is 4.89. The van der Waals surface area contributed by atoms with Gasteiger partial charge in [0, 0.05) is 17.3 Å². The number of aromatic nitrogens is 2. The summed E-state index contributed by atoms with van der Waals surface area (Å²) < 4.78 is 2.00. The Balaban J connectivity index is 1.64. The molecule has 0 aliphatic rings. The molecular formula is C20H23N3. The van der Waals surface area contributed by atoms with E-state index in [1.807, 2.05) is 29.1 Å². The monoisotopic (exact) mass is 305 g/mol. The number of nitrogens with zero attached hydrogens (tertiary/aromatic N) is 2. The standard InChI is InChI=1S/C20H23N3/c1-16(21-14-13-18-9-5-3-6-10-18)20-15-22-23(17(20)2)19-11-7-4-8-12-19/h3-12,15-16,21H,13-14H2,1-2H3/t16-/m1/s1. The lowest BCUT2D eigenvalue weighted by molar-refractivity contribution is 0.574. The lowest BCUT2D eigenvalue weighted by Gasteiger charge is -2.14. The molecule has 0 unspecified atom stereocenters. The molecule has 0 fully saturated rings. The predicted octanol–water partition coefficient (Wildman–Crippen LogP) is 4.07. The molecule has 1 aromatic heterocycles. The molecule has 23 heavy (non-hydrogen) atoms. The van der Waals surface area contributed by atoms with Crippen molar-refractivity contribution >= 4 is 0 Å². The minimum absolute atomic E-state index is 0.288. The molecule has 3 rings (SSSR count). The first-order valence-electron chi connectivity index (χ1n) is 8.13. The Hall–Kier alpha value is -2.39. The van der Waals surface area contributed by atoms with Gasteiger partial charge in [-0.1, -0.05) is 48.5 Å². The Bertz CT molecular complexity index is 732. The SMILES string of the molecule is Cc1c([C@@H](C)NCCc2ccccc2)cnn1-c1ccccc1. The molecule has 2 aromatic carbocycles. The molecule has 1 atom stereocenters. The van der Waals surface area contributed by atoms with E-state index in [-0.39, 0.29) is 6.04 Å². The molecule has 1 N–H and O–H groups in total. The van der Waals surface area contributed by atoms with Crippen LogP contribution in [0.25, 0.3) is 5.69 Å². The van der Waals surface area contributed by atoms with Crippen LogP contribution in [0.1, 0.15) is 29.8 Å². The lowest BCUT2D eigenvalue weighted by atomic mass is 10.1. The first-order valence-corrected chi connectivity index (χ1v) is 8.13. The van der Waals surface area contributed by atoms with E-state index in [1.165, 1.54) is 16.8 Å². The van der Waals surface area contributed by atoms with Crippen LogP contribution in [0.4, 0.5) is 0 Å². The van der Waals surface area contributed by atoms with Crippen LogP contribution in [0.3, 0.4) is 0 Å². The zero-order valence-corrected chi connectivity index (χ0v) is 13.7. The van der Waals surface area contributed by atoms with Crippen molar-refractivity contribution < 1.29 is 0 Å². The molecule has 0 radical (unpaired) electrons. The van der Waals surface area contributed by atoms with Crippen molar-refractivity contribution in [1.82, 2.24) is 15.1 Å². The van der Waals surface area contributed by atoms with E-state index in [0.29, 0.717) is 0 Å². The summed E-state index contributed by atoms with van der Waals surface area (Å²) in [7, 11) is 0. The van der Waals surface area contributed by atoms with Gasteiger partial charge in [-0.05, 0) is 44.5 Å². The molecule has 1 heterocycles. The van der Waals surface area contributed by atoms with Crippen molar-refractivity contribution in [1.29, 1.82) is 0 Å². The number of rotatable bonds is 6. The van der Waals surface area contributed by atoms with Crippen LogP contribution in [-0.4, -0.2) is 16.3 Å². The van der Waals surface area contributed by atoms with Gasteiger partial charge >= 0.3 is 0 Å². The molecule has 0 bridgehead atoms. The fraction of sp³-hybridized carbons (Fsp3) is 0.250. The Morgan fingerprint density at radius 3 is 2.35 bits per heavy atom. The second-order valence-corrected chi connectivity index (χ2v) is 5.84. The smallest absolute Gasteiger partial charge is 0.0648 e. The third-order valence-electron chi connectivity index (χ3n) is 4.22. The molecule has 118 valence electrons. The zero-order chi connectivity index (χ0) is 16.1. The molecule has 0 amide bonds. The highest BCUT2D eigenvalue weighted by molar-refractivity contribution is 5.35. The number of nitrogens with one attached hydrogen (secondary N) is 1. The topological polar surface area (TPSA) is 29.9 Å². The van der Waals surface area contributed by atoms with Gasteiger partial charge in [-0.3, -0.25) is 0 Å². The van der Waals surface area contributed by atoms with Crippen molar-refractivity contribution in [3.8, 4) is 5.69 Å². The molecule has 3 nitrogen and oxygen atoms in total. The van der Waals surface area contributed by atoms with E-state index in [2.05, 4.69) is 66.7 Å². The van der Waals surface area contributed by atoms with Gasteiger partial charge in [0.05, 0.1) is 11.9 Å². The summed E-state index contributed by atoms with van der Waals surface area (Å²) >= 11 is 0. The number of hydrogen-bond acceptors (Lipinski definition) is 2. The zero-order valence-electron chi connectivity index (χ0n) is 13.7. The van der Waals surface area contributed by atoms with E-state index in [9.17, 15) is 0 Å². The van der Waals surface area contributed by atoms with Crippen LogP contribution < -0.4 is 5.32 Å². The third-order valence-corrected chi connectivity index (χ3v) is 4.22. The maximum Gasteiger partial charge on any atom is 0.0648 e. The van der Waals surface area contributed by atoms with Gasteiger partial charge in [0.1, 0.15) is 0 Å². The second kappa shape index (κ2) is 7.25. The van der Waals surface area contributed by atoms with Gasteiger partial charge < -0.3 is 5.32 Å². The van der Waals surface area contributed by atoms with Gasteiger partial charge in [0.2, 0.25) is 0 Å². The molecule has 3 heteroatoms. The highest BCUT2D eigenvalue weighted by Gasteiger charge is 2.13. The molecule has 0 aliphatic carbocycles. The summed E-state index contributed by atoms with van der Waals surface area (Å²) in [4.78, 5) is 0. The summed E-state index contributed by atoms with van der Waals surface area (Å²) in [5, 5.41) is 8.15. The minimum atomic E-state index is 0.288. The van der Waals surface area contributed by atoms with Crippen LogP contribution in [-0.2, 0) is 6.42 Å². The van der Waals surface area contributed by atoms with Crippen LogP contribution in [0.15, 0.2) is 66.9 Å². The van der Waals surface area contributed by atoms with Gasteiger partial charge in [-0.25, -0.2) is 4.68 Å². The first-order chi connectivity index (χ1) is 11.3. The van der Waals surface area contributed by atoms with E-state index in [4.69, 9.17) is 0 Å². The van der Waals surface area contributed by atoms with Crippen LogP contribution >= 0.6 is 0 Å². The lowest BCUT2D eigenvalue weighted by Crippen LogP contribution is -2.21. The summed E-state index contributed by atoms with van der Waals surface area (Å²) in [6.45, 7) is 5.29. The van der Waals surface area contributed by atoms with Crippen molar-refractivity contribution in [3.05, 3.63) is 83.7 Å². The maximum atomic E-state index is 4.55. The van der Waals surface area contributed by atoms with E-state index in [1.54, 1.807) is 0 Å². The number of hydrogen-bond donors (Lipinski definition) is 1. The minimum Gasteiger partial charge on any atom is -0.310 e. The van der Waals surface area contributed by atoms with Gasteiger partial charge in [-0.2, -0.15) is 5.10 Å². The first kappa shape index (κ1) is 15.5. The largest absolute Gasteiger partial charge is 0.310 e. The van der Waals surface area contributed by atoms with Crippen LogP contribution in [0, 0.1) is 6.92 Å². The summed E-state index contributed by atoms with van der Waals surface area (Å²) in [5.41, 5.74) is 4.91. The van der Waals surface area contributed by atoms with Gasteiger partial charge in [0.25, 0.3) is 0 Å². The molecule has 0 aliphatic heterocycles. The van der Waals surface area contributed by atoms with E-state index >= 15 is 0 Å². The highest BCUT2D eigenvalue weighted by atomic mass is 15.3. The number of benzene rings is 2. The fourth-order valence-corrected chi connectivity index (χ4v) is 2.86. The van der Waals surface area contributed by atoms with Crippen molar-refractivity contribution in [2.45, 2.75) is 26.3 Å². The molecular weight excluding hydrogens is 282 g/mol. The number of para-hydroxylation sites is 1. The Morgan fingerprint density at radius 1 is 1.00 bits per heavy atom. The predicted molar refractivity (Wildman–Crippen MR) is 94.9 cm³/mol. The van der Waals surface area contributed by atoms with Gasteiger partial charge in [0.15, 0.2) is 0 Å². The molecule has 0 saturated heterocycles. The quantitative estimate of drug-likeness (QED) is 0.744. The summed E-state index contributed by atoms with van der Waals surface area (Å²) in [6, 6.07) is 21.1. The van der Waals surface area contributed by atoms with E-state index < -0.39 is 0 Å². The Labute approximate surface area is 138 Å². The van der Waals surface area contributed by atoms with Crippen LogP contribution in [0.5, 0.6) is 0 Å². The van der Waals surface area contributed by atoms with Crippen molar-refractivity contribution in [2.75, 3.05) is 6.54 Å². The normalized spacial score (nSPS) is 12.3. The maximum absolute atomic E-state index is 4.55. The van der Waals surface area contributed by atoms with Crippen molar-refractivity contribution in [2.24, 2.45) is 0 Å². The molecule has 0 spiro atoms. The second-order valence-electron chi connectivity index (χ2n) is 5.84. The van der Waals surface area contributed by atoms with Crippen LogP contribution in [0.2, 0.25) is 0 Å². The fourth-order valence-electron chi connectivity index (χ4n) is 2.86.